The number of rotatable bonds is 7. The minimum absolute atomic E-state index is 0.0322. The number of hydrogen-bond donors (Lipinski definition) is 0. The average Bonchev–Trinajstić information content (AvgIpc) is 3.36. The van der Waals surface area contributed by atoms with E-state index in [-0.39, 0.29) is 18.2 Å². The molecule has 2 aromatic carbocycles. The van der Waals surface area contributed by atoms with Gasteiger partial charge >= 0.3 is 5.97 Å². The van der Waals surface area contributed by atoms with Crippen LogP contribution in [-0.4, -0.2) is 39.7 Å². The number of fused-ring (bicyclic) bond motifs is 1. The lowest BCUT2D eigenvalue weighted by Gasteiger charge is -2.10. The maximum Gasteiger partial charge on any atom is 0.364 e. The Kier molecular flexibility index (Phi) is 5.39. The van der Waals surface area contributed by atoms with Crippen molar-refractivity contribution in [3.05, 3.63) is 59.2 Å². The van der Waals surface area contributed by atoms with Crippen LogP contribution in [0.3, 0.4) is 0 Å². The van der Waals surface area contributed by atoms with Gasteiger partial charge in [-0.1, -0.05) is 17.3 Å². The standard InChI is InChI=1S/C20H18N4O4S/c1-3-27-20(25)18-19(28-15-8-9-16-17(10-15)29-12-21-16)24(23-22-18)11-13-4-6-14(26-2)7-5-13/h4-10,12H,3,11H2,1-2H3. The molecule has 0 N–H and O–H groups in total. The zero-order valence-electron chi connectivity index (χ0n) is 15.9. The third-order valence-electron chi connectivity index (χ3n) is 4.17. The Morgan fingerprint density at radius 2 is 1.93 bits per heavy atom. The van der Waals surface area contributed by atoms with E-state index in [2.05, 4.69) is 15.3 Å². The molecule has 0 amide bonds. The summed E-state index contributed by atoms with van der Waals surface area (Å²) in [6.45, 7) is 2.34. The molecule has 2 heterocycles. The van der Waals surface area contributed by atoms with Crippen molar-refractivity contribution in [2.75, 3.05) is 13.7 Å². The predicted molar refractivity (Wildman–Crippen MR) is 108 cm³/mol. The molecule has 8 nitrogen and oxygen atoms in total. The van der Waals surface area contributed by atoms with E-state index < -0.39 is 5.97 Å². The molecule has 29 heavy (non-hydrogen) atoms. The number of carbonyl (C=O) groups is 1. The monoisotopic (exact) mass is 410 g/mol. The summed E-state index contributed by atoms with van der Waals surface area (Å²) in [5.41, 5.74) is 3.64. The van der Waals surface area contributed by atoms with Crippen LogP contribution in [0.2, 0.25) is 0 Å². The number of benzene rings is 2. The van der Waals surface area contributed by atoms with Gasteiger partial charge in [-0.2, -0.15) is 0 Å². The smallest absolute Gasteiger partial charge is 0.364 e. The molecule has 0 saturated carbocycles. The van der Waals surface area contributed by atoms with Crippen molar-refractivity contribution in [1.29, 1.82) is 0 Å². The minimum Gasteiger partial charge on any atom is -0.497 e. The summed E-state index contributed by atoms with van der Waals surface area (Å²) >= 11 is 1.51. The van der Waals surface area contributed by atoms with Crippen LogP contribution in [0.5, 0.6) is 17.4 Å². The summed E-state index contributed by atoms with van der Waals surface area (Å²) in [5.74, 6) is 0.963. The molecule has 0 aliphatic carbocycles. The van der Waals surface area contributed by atoms with Gasteiger partial charge in [-0.05, 0) is 36.8 Å². The van der Waals surface area contributed by atoms with Crippen LogP contribution in [0.25, 0.3) is 10.2 Å². The van der Waals surface area contributed by atoms with Crippen molar-refractivity contribution >= 4 is 27.5 Å². The van der Waals surface area contributed by atoms with Crippen LogP contribution >= 0.6 is 11.3 Å². The number of hydrogen-bond acceptors (Lipinski definition) is 8. The molecular weight excluding hydrogens is 392 g/mol. The largest absolute Gasteiger partial charge is 0.497 e. The third kappa shape index (κ3) is 4.04. The van der Waals surface area contributed by atoms with Crippen molar-refractivity contribution in [2.45, 2.75) is 13.5 Å². The van der Waals surface area contributed by atoms with E-state index in [1.807, 2.05) is 36.4 Å². The van der Waals surface area contributed by atoms with Crippen molar-refractivity contribution in [1.82, 2.24) is 20.0 Å². The quantitative estimate of drug-likeness (QED) is 0.427. The molecule has 4 rings (SSSR count). The van der Waals surface area contributed by atoms with Gasteiger partial charge in [-0.15, -0.1) is 16.4 Å². The van der Waals surface area contributed by atoms with Crippen LogP contribution in [0, 0.1) is 0 Å². The maximum absolute atomic E-state index is 12.3. The van der Waals surface area contributed by atoms with Crippen molar-refractivity contribution in [3.8, 4) is 17.4 Å². The number of thiazole rings is 1. The molecule has 0 saturated heterocycles. The summed E-state index contributed by atoms with van der Waals surface area (Å²) in [5, 5.41) is 8.10. The first-order valence-corrected chi connectivity index (χ1v) is 9.80. The highest BCUT2D eigenvalue weighted by atomic mass is 32.1. The van der Waals surface area contributed by atoms with Crippen molar-refractivity contribution in [3.63, 3.8) is 0 Å². The van der Waals surface area contributed by atoms with E-state index in [4.69, 9.17) is 14.2 Å². The van der Waals surface area contributed by atoms with E-state index in [1.54, 1.807) is 25.6 Å². The number of carbonyl (C=O) groups excluding carboxylic acids is 1. The fourth-order valence-corrected chi connectivity index (χ4v) is 3.46. The lowest BCUT2D eigenvalue weighted by atomic mass is 10.2. The first-order valence-electron chi connectivity index (χ1n) is 8.92. The highest BCUT2D eigenvalue weighted by molar-refractivity contribution is 7.16. The van der Waals surface area contributed by atoms with E-state index in [1.165, 1.54) is 16.0 Å². The molecule has 2 aromatic heterocycles. The van der Waals surface area contributed by atoms with Gasteiger partial charge in [-0.25, -0.2) is 14.5 Å². The Bertz CT molecular complexity index is 1140. The molecule has 0 fully saturated rings. The summed E-state index contributed by atoms with van der Waals surface area (Å²) in [6.07, 6.45) is 0. The van der Waals surface area contributed by atoms with Crippen molar-refractivity contribution < 1.29 is 19.0 Å². The van der Waals surface area contributed by atoms with Gasteiger partial charge in [-0.3, -0.25) is 0 Å². The minimum atomic E-state index is -0.581. The molecule has 0 spiro atoms. The van der Waals surface area contributed by atoms with Crippen LogP contribution in [0.4, 0.5) is 0 Å². The van der Waals surface area contributed by atoms with Gasteiger partial charge < -0.3 is 14.2 Å². The SMILES string of the molecule is CCOC(=O)c1nnn(Cc2ccc(OC)cc2)c1Oc1ccc2ncsc2c1. The number of nitrogens with zero attached hydrogens (tertiary/aromatic N) is 4. The topological polar surface area (TPSA) is 88.4 Å². The predicted octanol–water partition coefficient (Wildman–Crippen LogP) is 3.91. The number of esters is 1. The Labute approximate surface area is 170 Å². The first kappa shape index (κ1) is 18.9. The van der Waals surface area contributed by atoms with E-state index in [0.29, 0.717) is 12.3 Å². The Morgan fingerprint density at radius 3 is 2.69 bits per heavy atom. The van der Waals surface area contributed by atoms with Crippen LogP contribution < -0.4 is 9.47 Å². The molecule has 0 atom stereocenters. The van der Waals surface area contributed by atoms with Crippen molar-refractivity contribution in [2.24, 2.45) is 0 Å². The molecule has 0 aliphatic heterocycles. The van der Waals surface area contributed by atoms with Gasteiger partial charge in [0.15, 0.2) is 0 Å². The number of ether oxygens (including phenoxy) is 3. The second-order valence-electron chi connectivity index (χ2n) is 6.05. The molecule has 0 radical (unpaired) electrons. The highest BCUT2D eigenvalue weighted by Crippen LogP contribution is 2.29. The second kappa shape index (κ2) is 8.27. The van der Waals surface area contributed by atoms with Crippen LogP contribution in [0.1, 0.15) is 23.0 Å². The normalized spacial score (nSPS) is 10.8. The average molecular weight is 410 g/mol. The Hall–Kier alpha value is -3.46. The summed E-state index contributed by atoms with van der Waals surface area (Å²) in [7, 11) is 1.62. The number of aromatic nitrogens is 4. The van der Waals surface area contributed by atoms with Gasteiger partial charge in [0, 0.05) is 6.07 Å². The zero-order chi connectivity index (χ0) is 20.2. The molecular formula is C20H18N4O4S. The van der Waals surface area contributed by atoms with E-state index >= 15 is 0 Å². The summed E-state index contributed by atoms with van der Waals surface area (Å²) in [4.78, 5) is 16.6. The van der Waals surface area contributed by atoms with Gasteiger partial charge in [0.05, 0.1) is 36.0 Å². The fourth-order valence-electron chi connectivity index (χ4n) is 2.75. The van der Waals surface area contributed by atoms with Gasteiger partial charge in [0.2, 0.25) is 5.69 Å². The van der Waals surface area contributed by atoms with Gasteiger partial charge in [0.25, 0.3) is 5.88 Å². The molecule has 4 aromatic rings. The van der Waals surface area contributed by atoms with Crippen LogP contribution in [-0.2, 0) is 11.3 Å². The second-order valence-corrected chi connectivity index (χ2v) is 6.94. The Morgan fingerprint density at radius 1 is 1.14 bits per heavy atom. The molecule has 148 valence electrons. The molecule has 0 aliphatic rings. The van der Waals surface area contributed by atoms with Crippen LogP contribution in [0.15, 0.2) is 48.0 Å². The highest BCUT2D eigenvalue weighted by Gasteiger charge is 2.23. The first-order chi connectivity index (χ1) is 14.2. The third-order valence-corrected chi connectivity index (χ3v) is 4.96. The lowest BCUT2D eigenvalue weighted by molar-refractivity contribution is 0.0516. The molecule has 0 bridgehead atoms. The fraction of sp³-hybridized carbons (Fsp3) is 0.200. The number of methoxy groups -OCH3 is 1. The van der Waals surface area contributed by atoms with E-state index in [0.717, 1.165) is 21.5 Å². The molecule has 0 unspecified atom stereocenters. The zero-order valence-corrected chi connectivity index (χ0v) is 16.7. The summed E-state index contributed by atoms with van der Waals surface area (Å²) < 4.78 is 18.8. The Balaban J connectivity index is 1.67. The lowest BCUT2D eigenvalue weighted by Crippen LogP contribution is -2.09. The maximum atomic E-state index is 12.3. The summed E-state index contributed by atoms with van der Waals surface area (Å²) in [6, 6.07) is 13.1. The van der Waals surface area contributed by atoms with Gasteiger partial charge in [0.1, 0.15) is 11.5 Å². The molecule has 9 heteroatoms. The van der Waals surface area contributed by atoms with E-state index in [9.17, 15) is 4.79 Å².